The standard InChI is InChI=1S/C12H12F3NO/c13-12(14,15)5-1-6-16-7-4-9-8-10(17)2-3-11(9)16/h2-4,7-8,17H,1,5-6H2. The second-order valence-electron chi connectivity index (χ2n) is 3.97. The van der Waals surface area contributed by atoms with Gasteiger partial charge in [-0.1, -0.05) is 0 Å². The van der Waals surface area contributed by atoms with E-state index in [1.54, 1.807) is 29.0 Å². The van der Waals surface area contributed by atoms with Gasteiger partial charge in [0.25, 0.3) is 0 Å². The molecule has 1 aromatic heterocycles. The van der Waals surface area contributed by atoms with E-state index in [-0.39, 0.29) is 12.2 Å². The number of phenols is 1. The maximum absolute atomic E-state index is 12.0. The molecule has 17 heavy (non-hydrogen) atoms. The second-order valence-corrected chi connectivity index (χ2v) is 3.97. The molecule has 0 fully saturated rings. The summed E-state index contributed by atoms with van der Waals surface area (Å²) in [6, 6.07) is 6.61. The first-order chi connectivity index (χ1) is 7.96. The van der Waals surface area contributed by atoms with Crippen molar-refractivity contribution in [3.8, 4) is 5.75 Å². The van der Waals surface area contributed by atoms with E-state index in [1.807, 2.05) is 0 Å². The van der Waals surface area contributed by atoms with Crippen LogP contribution in [0, 0.1) is 0 Å². The van der Waals surface area contributed by atoms with Crippen molar-refractivity contribution >= 4 is 10.9 Å². The predicted molar refractivity (Wildman–Crippen MR) is 58.9 cm³/mol. The molecule has 1 heterocycles. The fourth-order valence-electron chi connectivity index (χ4n) is 1.83. The van der Waals surface area contributed by atoms with E-state index >= 15 is 0 Å². The van der Waals surface area contributed by atoms with Gasteiger partial charge in [-0.05, 0) is 30.7 Å². The van der Waals surface area contributed by atoms with Crippen LogP contribution in [-0.2, 0) is 6.54 Å². The molecule has 0 amide bonds. The summed E-state index contributed by atoms with van der Waals surface area (Å²) in [5.74, 6) is 0.158. The zero-order valence-corrected chi connectivity index (χ0v) is 9.04. The van der Waals surface area contributed by atoms with Gasteiger partial charge in [0, 0.05) is 30.1 Å². The summed E-state index contributed by atoms with van der Waals surface area (Å²) in [7, 11) is 0. The minimum Gasteiger partial charge on any atom is -0.508 e. The fraction of sp³-hybridized carbons (Fsp3) is 0.333. The van der Waals surface area contributed by atoms with Gasteiger partial charge >= 0.3 is 6.18 Å². The summed E-state index contributed by atoms with van der Waals surface area (Å²) < 4.78 is 37.8. The molecule has 0 radical (unpaired) electrons. The van der Waals surface area contributed by atoms with E-state index in [0.29, 0.717) is 6.54 Å². The molecule has 0 unspecified atom stereocenters. The Labute approximate surface area is 96.3 Å². The van der Waals surface area contributed by atoms with E-state index < -0.39 is 12.6 Å². The third kappa shape index (κ3) is 2.93. The molecule has 0 bridgehead atoms. The van der Waals surface area contributed by atoms with Gasteiger partial charge in [0.1, 0.15) is 5.75 Å². The molecule has 0 aliphatic heterocycles. The molecule has 92 valence electrons. The number of rotatable bonds is 3. The number of fused-ring (bicyclic) bond motifs is 1. The summed E-state index contributed by atoms with van der Waals surface area (Å²) in [5, 5.41) is 10.1. The average Bonchev–Trinajstić information content (AvgIpc) is 2.59. The zero-order valence-electron chi connectivity index (χ0n) is 9.04. The van der Waals surface area contributed by atoms with Gasteiger partial charge < -0.3 is 9.67 Å². The van der Waals surface area contributed by atoms with Crippen LogP contribution in [0.3, 0.4) is 0 Å². The van der Waals surface area contributed by atoms with Crippen LogP contribution >= 0.6 is 0 Å². The summed E-state index contributed by atoms with van der Waals surface area (Å²) in [4.78, 5) is 0. The van der Waals surface area contributed by atoms with E-state index in [4.69, 9.17) is 0 Å². The van der Waals surface area contributed by atoms with Gasteiger partial charge in [-0.2, -0.15) is 13.2 Å². The Balaban J connectivity index is 2.09. The topological polar surface area (TPSA) is 25.2 Å². The van der Waals surface area contributed by atoms with Crippen LogP contribution in [0.15, 0.2) is 30.5 Å². The van der Waals surface area contributed by atoms with Gasteiger partial charge in [0.05, 0.1) is 0 Å². The van der Waals surface area contributed by atoms with Crippen LogP contribution < -0.4 is 0 Å². The number of benzene rings is 1. The SMILES string of the molecule is Oc1ccc2c(ccn2CCCC(F)(F)F)c1. The van der Waals surface area contributed by atoms with Crippen molar-refractivity contribution in [2.24, 2.45) is 0 Å². The molecule has 0 saturated carbocycles. The number of nitrogens with zero attached hydrogens (tertiary/aromatic N) is 1. The minimum absolute atomic E-state index is 0.0636. The number of hydrogen-bond donors (Lipinski definition) is 1. The lowest BCUT2D eigenvalue weighted by atomic mass is 10.2. The average molecular weight is 243 g/mol. The number of aryl methyl sites for hydroxylation is 1. The molecule has 0 aliphatic rings. The van der Waals surface area contributed by atoms with Crippen LogP contribution in [0.1, 0.15) is 12.8 Å². The largest absolute Gasteiger partial charge is 0.508 e. The molecule has 2 rings (SSSR count). The first-order valence-corrected chi connectivity index (χ1v) is 5.30. The van der Waals surface area contributed by atoms with E-state index in [0.717, 1.165) is 10.9 Å². The molecule has 0 aliphatic carbocycles. The summed E-state index contributed by atoms with van der Waals surface area (Å²) >= 11 is 0. The van der Waals surface area contributed by atoms with Crippen molar-refractivity contribution in [1.82, 2.24) is 4.57 Å². The van der Waals surface area contributed by atoms with Crippen molar-refractivity contribution in [2.75, 3.05) is 0 Å². The van der Waals surface area contributed by atoms with Gasteiger partial charge in [0.15, 0.2) is 0 Å². The molecule has 5 heteroatoms. The molecule has 1 N–H and O–H groups in total. The van der Waals surface area contributed by atoms with Crippen molar-refractivity contribution in [2.45, 2.75) is 25.6 Å². The third-order valence-corrected chi connectivity index (χ3v) is 2.61. The number of hydrogen-bond acceptors (Lipinski definition) is 1. The fourth-order valence-corrected chi connectivity index (χ4v) is 1.83. The van der Waals surface area contributed by atoms with Crippen molar-refractivity contribution < 1.29 is 18.3 Å². The van der Waals surface area contributed by atoms with Crippen molar-refractivity contribution in [3.63, 3.8) is 0 Å². The Morgan fingerprint density at radius 2 is 1.94 bits per heavy atom. The molecule has 0 saturated heterocycles. The molecule has 2 aromatic rings. The van der Waals surface area contributed by atoms with Crippen LogP contribution in [0.5, 0.6) is 5.75 Å². The molecule has 0 atom stereocenters. The molecule has 2 nitrogen and oxygen atoms in total. The molecule has 1 aromatic carbocycles. The monoisotopic (exact) mass is 243 g/mol. The summed E-state index contributed by atoms with van der Waals surface area (Å²) in [6.45, 7) is 0.327. The third-order valence-electron chi connectivity index (χ3n) is 2.61. The predicted octanol–water partition coefficient (Wildman–Crippen LogP) is 3.69. The van der Waals surface area contributed by atoms with E-state index in [1.165, 1.54) is 6.07 Å². The number of aromatic hydroxyl groups is 1. The Kier molecular flexibility index (Phi) is 3.00. The van der Waals surface area contributed by atoms with Gasteiger partial charge in [0.2, 0.25) is 0 Å². The molecule has 0 spiro atoms. The Hall–Kier alpha value is -1.65. The highest BCUT2D eigenvalue weighted by molar-refractivity contribution is 5.81. The summed E-state index contributed by atoms with van der Waals surface area (Å²) in [6.07, 6.45) is -3.07. The minimum atomic E-state index is -4.10. The lowest BCUT2D eigenvalue weighted by Crippen LogP contribution is -2.08. The first kappa shape index (κ1) is 11.8. The van der Waals surface area contributed by atoms with Crippen LogP contribution in [-0.4, -0.2) is 15.8 Å². The number of aromatic nitrogens is 1. The van der Waals surface area contributed by atoms with Crippen LogP contribution in [0.4, 0.5) is 13.2 Å². The normalized spacial score (nSPS) is 12.2. The lowest BCUT2D eigenvalue weighted by Gasteiger charge is -2.08. The number of phenolic OH excluding ortho intramolecular Hbond substituents is 1. The van der Waals surface area contributed by atoms with Crippen LogP contribution in [0.2, 0.25) is 0 Å². The quantitative estimate of drug-likeness (QED) is 0.873. The highest BCUT2D eigenvalue weighted by Gasteiger charge is 2.26. The number of alkyl halides is 3. The maximum atomic E-state index is 12.0. The van der Waals surface area contributed by atoms with E-state index in [2.05, 4.69) is 0 Å². The number of halogens is 3. The highest BCUT2D eigenvalue weighted by Crippen LogP contribution is 2.24. The van der Waals surface area contributed by atoms with Crippen LogP contribution in [0.25, 0.3) is 10.9 Å². The molecular weight excluding hydrogens is 231 g/mol. The summed E-state index contributed by atoms with van der Waals surface area (Å²) in [5.41, 5.74) is 0.838. The van der Waals surface area contributed by atoms with Crippen molar-refractivity contribution in [3.05, 3.63) is 30.5 Å². The lowest BCUT2D eigenvalue weighted by molar-refractivity contribution is -0.135. The van der Waals surface area contributed by atoms with Crippen molar-refractivity contribution in [1.29, 1.82) is 0 Å². The first-order valence-electron chi connectivity index (χ1n) is 5.30. The Bertz CT molecular complexity index is 516. The Morgan fingerprint density at radius 1 is 1.18 bits per heavy atom. The van der Waals surface area contributed by atoms with Gasteiger partial charge in [-0.25, -0.2) is 0 Å². The smallest absolute Gasteiger partial charge is 0.389 e. The highest BCUT2D eigenvalue weighted by atomic mass is 19.4. The van der Waals surface area contributed by atoms with Gasteiger partial charge in [-0.15, -0.1) is 0 Å². The molecular formula is C12H12F3NO. The van der Waals surface area contributed by atoms with Gasteiger partial charge in [-0.3, -0.25) is 0 Å². The Morgan fingerprint density at radius 3 is 2.65 bits per heavy atom. The van der Waals surface area contributed by atoms with E-state index in [9.17, 15) is 18.3 Å². The zero-order chi connectivity index (χ0) is 12.5. The maximum Gasteiger partial charge on any atom is 0.389 e. The second kappa shape index (κ2) is 4.31.